The highest BCUT2D eigenvalue weighted by molar-refractivity contribution is 5.60. The van der Waals surface area contributed by atoms with Gasteiger partial charge in [0.2, 0.25) is 0 Å². The summed E-state index contributed by atoms with van der Waals surface area (Å²) in [5.41, 5.74) is 0.773. The Kier molecular flexibility index (Phi) is 4.87. The molecular formula is C15H19FN4. The first-order valence-electron chi connectivity index (χ1n) is 6.83. The molecule has 0 spiro atoms. The smallest absolute Gasteiger partial charge is 0.153 e. The summed E-state index contributed by atoms with van der Waals surface area (Å²) in [5, 5.41) is 3.20. The van der Waals surface area contributed by atoms with Crippen LogP contribution in [0.1, 0.15) is 20.3 Å². The molecule has 0 saturated carbocycles. The molecule has 106 valence electrons. The van der Waals surface area contributed by atoms with Crippen LogP contribution in [-0.4, -0.2) is 23.1 Å². The van der Waals surface area contributed by atoms with Gasteiger partial charge in [-0.15, -0.1) is 0 Å². The average molecular weight is 274 g/mol. The van der Waals surface area contributed by atoms with E-state index < -0.39 is 0 Å². The minimum absolute atomic E-state index is 0.255. The molecule has 0 bridgehead atoms. The van der Waals surface area contributed by atoms with Crippen LogP contribution in [0.4, 0.5) is 21.7 Å². The largest absolute Gasteiger partial charge is 0.369 e. The topological polar surface area (TPSA) is 41.1 Å². The Labute approximate surface area is 118 Å². The van der Waals surface area contributed by atoms with Crippen LogP contribution in [0.2, 0.25) is 0 Å². The molecule has 0 unspecified atom stereocenters. The molecule has 1 aromatic heterocycles. The van der Waals surface area contributed by atoms with Crippen LogP contribution in [0, 0.1) is 5.82 Å². The molecule has 1 heterocycles. The van der Waals surface area contributed by atoms with E-state index in [0.717, 1.165) is 24.5 Å². The second kappa shape index (κ2) is 6.84. The van der Waals surface area contributed by atoms with Crippen molar-refractivity contribution < 1.29 is 4.39 Å². The zero-order valence-corrected chi connectivity index (χ0v) is 11.8. The summed E-state index contributed by atoms with van der Waals surface area (Å²) in [6.07, 6.45) is 4.40. The molecule has 2 aromatic rings. The Balaban J connectivity index is 2.27. The van der Waals surface area contributed by atoms with Crippen LogP contribution in [0.25, 0.3) is 0 Å². The van der Waals surface area contributed by atoms with Crippen LogP contribution in [0.3, 0.4) is 0 Å². The number of halogens is 1. The van der Waals surface area contributed by atoms with Crippen molar-refractivity contribution in [3.63, 3.8) is 0 Å². The SMILES string of the molecule is CCCNc1cncc(N(CC)c2cccc(F)c2)n1. The van der Waals surface area contributed by atoms with Gasteiger partial charge in [0.25, 0.3) is 0 Å². The highest BCUT2D eigenvalue weighted by Gasteiger charge is 2.10. The number of anilines is 3. The van der Waals surface area contributed by atoms with Gasteiger partial charge in [-0.3, -0.25) is 4.98 Å². The Morgan fingerprint density at radius 1 is 1.25 bits per heavy atom. The Morgan fingerprint density at radius 3 is 2.80 bits per heavy atom. The van der Waals surface area contributed by atoms with Gasteiger partial charge in [-0.25, -0.2) is 9.37 Å². The summed E-state index contributed by atoms with van der Waals surface area (Å²) in [7, 11) is 0. The Morgan fingerprint density at radius 2 is 2.10 bits per heavy atom. The molecule has 0 fully saturated rings. The standard InChI is InChI=1S/C15H19FN4/c1-3-8-18-14-10-17-11-15(19-14)20(4-2)13-7-5-6-12(16)9-13/h5-7,9-11H,3-4,8H2,1-2H3,(H,18,19). The number of hydrogen-bond acceptors (Lipinski definition) is 4. The van der Waals surface area contributed by atoms with Crippen molar-refractivity contribution in [2.75, 3.05) is 23.3 Å². The van der Waals surface area contributed by atoms with E-state index in [1.54, 1.807) is 18.5 Å². The number of nitrogens with zero attached hydrogens (tertiary/aromatic N) is 3. The van der Waals surface area contributed by atoms with Crippen molar-refractivity contribution in [2.45, 2.75) is 20.3 Å². The van der Waals surface area contributed by atoms with Crippen molar-refractivity contribution in [1.29, 1.82) is 0 Å². The number of hydrogen-bond donors (Lipinski definition) is 1. The number of rotatable bonds is 6. The van der Waals surface area contributed by atoms with Gasteiger partial charge >= 0.3 is 0 Å². The van der Waals surface area contributed by atoms with Crippen LogP contribution in [0.15, 0.2) is 36.7 Å². The number of aromatic nitrogens is 2. The molecule has 4 nitrogen and oxygen atoms in total. The van der Waals surface area contributed by atoms with E-state index >= 15 is 0 Å². The zero-order valence-electron chi connectivity index (χ0n) is 11.8. The van der Waals surface area contributed by atoms with Crippen molar-refractivity contribution in [1.82, 2.24) is 9.97 Å². The van der Waals surface area contributed by atoms with Crippen LogP contribution in [-0.2, 0) is 0 Å². The molecule has 1 N–H and O–H groups in total. The molecule has 0 saturated heterocycles. The van der Waals surface area contributed by atoms with Gasteiger partial charge in [-0.1, -0.05) is 13.0 Å². The first-order valence-corrected chi connectivity index (χ1v) is 6.83. The minimum atomic E-state index is -0.255. The molecule has 2 rings (SSSR count). The molecule has 0 radical (unpaired) electrons. The number of benzene rings is 1. The molecule has 0 aliphatic rings. The highest BCUT2D eigenvalue weighted by atomic mass is 19.1. The van der Waals surface area contributed by atoms with Gasteiger partial charge in [0.15, 0.2) is 5.82 Å². The summed E-state index contributed by atoms with van der Waals surface area (Å²) in [5.74, 6) is 1.19. The average Bonchev–Trinajstić information content (AvgIpc) is 2.46. The summed E-state index contributed by atoms with van der Waals surface area (Å²) in [4.78, 5) is 10.6. The maximum absolute atomic E-state index is 13.4. The van der Waals surface area contributed by atoms with Gasteiger partial charge in [0, 0.05) is 18.8 Å². The Bertz CT molecular complexity index is 559. The third-order valence-corrected chi connectivity index (χ3v) is 2.89. The summed E-state index contributed by atoms with van der Waals surface area (Å²) in [6, 6.07) is 6.49. The van der Waals surface area contributed by atoms with E-state index in [2.05, 4.69) is 22.2 Å². The Hall–Kier alpha value is -2.17. The fourth-order valence-electron chi connectivity index (χ4n) is 1.94. The van der Waals surface area contributed by atoms with Crippen LogP contribution >= 0.6 is 0 Å². The van der Waals surface area contributed by atoms with Crippen molar-refractivity contribution in [3.8, 4) is 0 Å². The normalized spacial score (nSPS) is 10.3. The molecular weight excluding hydrogens is 255 g/mol. The lowest BCUT2D eigenvalue weighted by Gasteiger charge is -2.22. The monoisotopic (exact) mass is 274 g/mol. The van der Waals surface area contributed by atoms with Gasteiger partial charge in [0.05, 0.1) is 12.4 Å². The van der Waals surface area contributed by atoms with Crippen LogP contribution < -0.4 is 10.2 Å². The first-order chi connectivity index (χ1) is 9.74. The highest BCUT2D eigenvalue weighted by Crippen LogP contribution is 2.24. The lowest BCUT2D eigenvalue weighted by molar-refractivity contribution is 0.627. The van der Waals surface area contributed by atoms with Crippen molar-refractivity contribution in [3.05, 3.63) is 42.5 Å². The van der Waals surface area contributed by atoms with E-state index in [1.165, 1.54) is 12.1 Å². The summed E-state index contributed by atoms with van der Waals surface area (Å²) >= 11 is 0. The fraction of sp³-hybridized carbons (Fsp3) is 0.333. The van der Waals surface area contributed by atoms with E-state index in [4.69, 9.17) is 0 Å². The molecule has 0 amide bonds. The summed E-state index contributed by atoms with van der Waals surface area (Å²) < 4.78 is 13.4. The van der Waals surface area contributed by atoms with Gasteiger partial charge in [0.1, 0.15) is 11.6 Å². The quantitative estimate of drug-likeness (QED) is 0.874. The first kappa shape index (κ1) is 14.2. The van der Waals surface area contributed by atoms with Gasteiger partial charge in [-0.05, 0) is 31.5 Å². The second-order valence-electron chi connectivity index (χ2n) is 4.41. The fourth-order valence-corrected chi connectivity index (χ4v) is 1.94. The molecule has 5 heteroatoms. The van der Waals surface area contributed by atoms with E-state index in [0.29, 0.717) is 12.4 Å². The minimum Gasteiger partial charge on any atom is -0.369 e. The predicted octanol–water partition coefficient (Wildman–Crippen LogP) is 3.60. The molecule has 20 heavy (non-hydrogen) atoms. The van der Waals surface area contributed by atoms with E-state index in [9.17, 15) is 4.39 Å². The van der Waals surface area contributed by atoms with Gasteiger partial charge < -0.3 is 10.2 Å². The third kappa shape index (κ3) is 3.44. The third-order valence-electron chi connectivity index (χ3n) is 2.89. The maximum Gasteiger partial charge on any atom is 0.153 e. The van der Waals surface area contributed by atoms with Crippen molar-refractivity contribution in [2.24, 2.45) is 0 Å². The predicted molar refractivity (Wildman–Crippen MR) is 79.9 cm³/mol. The van der Waals surface area contributed by atoms with E-state index in [1.807, 2.05) is 17.9 Å². The molecule has 0 aliphatic carbocycles. The van der Waals surface area contributed by atoms with E-state index in [-0.39, 0.29) is 5.82 Å². The lowest BCUT2D eigenvalue weighted by Crippen LogP contribution is -2.18. The lowest BCUT2D eigenvalue weighted by atomic mass is 10.3. The van der Waals surface area contributed by atoms with Gasteiger partial charge in [-0.2, -0.15) is 0 Å². The summed E-state index contributed by atoms with van der Waals surface area (Å²) in [6.45, 7) is 5.63. The molecule has 0 aliphatic heterocycles. The number of nitrogens with one attached hydrogen (secondary N) is 1. The van der Waals surface area contributed by atoms with Crippen molar-refractivity contribution >= 4 is 17.3 Å². The zero-order chi connectivity index (χ0) is 14.4. The van der Waals surface area contributed by atoms with Crippen LogP contribution in [0.5, 0.6) is 0 Å². The maximum atomic E-state index is 13.4. The molecule has 1 aromatic carbocycles. The second-order valence-corrected chi connectivity index (χ2v) is 4.41. The molecule has 0 atom stereocenters.